The summed E-state index contributed by atoms with van der Waals surface area (Å²) in [5.41, 5.74) is 0.619. The molecule has 8 heteroatoms. The van der Waals surface area contributed by atoms with Gasteiger partial charge in [-0.05, 0) is 41.8 Å². The standard InChI is InChI=1S/C26H30N2O4S2/c1-31-22-13-5-12-21(25(22)32-2)24(26(30)27-18-8-3-4-9-18)28(17-20-11-7-15-34-20)23(29)16-19-10-6-14-33-19/h5-7,10-15,18,24H,3-4,8-9,16-17H2,1-2H3,(H,27,30)/t24-/m0/s1. The predicted molar refractivity (Wildman–Crippen MR) is 136 cm³/mol. The average Bonchev–Trinajstić information content (AvgIpc) is 3.63. The Kier molecular flexibility index (Phi) is 8.24. The van der Waals surface area contributed by atoms with Crippen molar-refractivity contribution in [2.75, 3.05) is 14.2 Å². The molecule has 1 fully saturated rings. The molecule has 2 amide bonds. The number of benzene rings is 1. The maximum absolute atomic E-state index is 13.8. The van der Waals surface area contributed by atoms with Gasteiger partial charge in [0.05, 0.1) is 27.2 Å². The van der Waals surface area contributed by atoms with Crippen LogP contribution in [0.4, 0.5) is 0 Å². The quantitative estimate of drug-likeness (QED) is 0.417. The van der Waals surface area contributed by atoms with Gasteiger partial charge in [-0.15, -0.1) is 22.7 Å². The molecule has 1 aliphatic rings. The van der Waals surface area contributed by atoms with Gasteiger partial charge in [-0.2, -0.15) is 0 Å². The highest BCUT2D eigenvalue weighted by molar-refractivity contribution is 7.10. The molecule has 0 bridgehead atoms. The van der Waals surface area contributed by atoms with Crippen LogP contribution >= 0.6 is 22.7 Å². The summed E-state index contributed by atoms with van der Waals surface area (Å²) < 4.78 is 11.2. The Morgan fingerprint density at radius 1 is 1.00 bits per heavy atom. The second-order valence-corrected chi connectivity index (χ2v) is 10.4. The van der Waals surface area contributed by atoms with E-state index in [1.54, 1.807) is 47.9 Å². The number of hydrogen-bond acceptors (Lipinski definition) is 6. The number of rotatable bonds is 10. The summed E-state index contributed by atoms with van der Waals surface area (Å²) in [6, 6.07) is 12.6. The summed E-state index contributed by atoms with van der Waals surface area (Å²) in [6.07, 6.45) is 4.37. The van der Waals surface area contributed by atoms with E-state index < -0.39 is 6.04 Å². The molecule has 0 radical (unpaired) electrons. The summed E-state index contributed by atoms with van der Waals surface area (Å²) in [6.45, 7) is 0.338. The minimum absolute atomic E-state index is 0.104. The first-order valence-corrected chi connectivity index (χ1v) is 13.2. The smallest absolute Gasteiger partial charge is 0.247 e. The van der Waals surface area contributed by atoms with Gasteiger partial charge in [-0.25, -0.2) is 0 Å². The third-order valence-electron chi connectivity index (χ3n) is 6.12. The third kappa shape index (κ3) is 5.62. The molecular formula is C26H30N2O4S2. The van der Waals surface area contributed by atoms with Crippen molar-refractivity contribution in [1.82, 2.24) is 10.2 Å². The molecule has 3 aromatic rings. The molecule has 1 aromatic carbocycles. The first kappa shape index (κ1) is 24.3. The van der Waals surface area contributed by atoms with Crippen LogP contribution in [0.2, 0.25) is 0 Å². The third-order valence-corrected chi connectivity index (χ3v) is 7.86. The van der Waals surface area contributed by atoms with Crippen molar-refractivity contribution in [2.24, 2.45) is 0 Å². The Morgan fingerprint density at radius 2 is 1.71 bits per heavy atom. The van der Waals surface area contributed by atoms with Gasteiger partial charge in [-0.1, -0.05) is 37.1 Å². The molecule has 2 heterocycles. The van der Waals surface area contributed by atoms with E-state index in [2.05, 4.69) is 5.32 Å². The highest BCUT2D eigenvalue weighted by Gasteiger charge is 2.36. The highest BCUT2D eigenvalue weighted by atomic mass is 32.1. The Morgan fingerprint density at radius 3 is 2.32 bits per heavy atom. The Hall–Kier alpha value is -2.84. The van der Waals surface area contributed by atoms with Crippen LogP contribution in [0.25, 0.3) is 0 Å². The molecule has 4 rings (SSSR count). The molecule has 0 unspecified atom stereocenters. The average molecular weight is 499 g/mol. The topological polar surface area (TPSA) is 67.9 Å². The normalized spacial score (nSPS) is 14.5. The summed E-state index contributed by atoms with van der Waals surface area (Å²) >= 11 is 3.11. The van der Waals surface area contributed by atoms with Crippen LogP contribution in [0.1, 0.15) is 47.0 Å². The molecule has 1 N–H and O–H groups in total. The summed E-state index contributed by atoms with van der Waals surface area (Å²) in [5.74, 6) is 0.707. The second-order valence-electron chi connectivity index (χ2n) is 8.33. The maximum Gasteiger partial charge on any atom is 0.247 e. The van der Waals surface area contributed by atoms with E-state index in [0.717, 1.165) is 35.4 Å². The molecule has 0 saturated heterocycles. The number of amides is 2. The fraction of sp³-hybridized carbons (Fsp3) is 0.385. The first-order valence-electron chi connectivity index (χ1n) is 11.5. The predicted octanol–water partition coefficient (Wildman–Crippen LogP) is 5.20. The summed E-state index contributed by atoms with van der Waals surface area (Å²) in [4.78, 5) is 31.2. The molecule has 1 atom stereocenters. The van der Waals surface area contributed by atoms with Gasteiger partial charge in [0.2, 0.25) is 11.8 Å². The van der Waals surface area contributed by atoms with Gasteiger partial charge < -0.3 is 19.7 Å². The fourth-order valence-electron chi connectivity index (χ4n) is 4.49. The minimum atomic E-state index is -0.847. The molecular weight excluding hydrogens is 468 g/mol. The van der Waals surface area contributed by atoms with Gasteiger partial charge in [0.15, 0.2) is 11.5 Å². The van der Waals surface area contributed by atoms with E-state index in [9.17, 15) is 9.59 Å². The van der Waals surface area contributed by atoms with Crippen LogP contribution in [0.3, 0.4) is 0 Å². The van der Waals surface area contributed by atoms with Gasteiger partial charge >= 0.3 is 0 Å². The number of methoxy groups -OCH3 is 2. The molecule has 2 aromatic heterocycles. The lowest BCUT2D eigenvalue weighted by Crippen LogP contribution is -2.46. The van der Waals surface area contributed by atoms with Crippen LogP contribution in [0.5, 0.6) is 11.5 Å². The van der Waals surface area contributed by atoms with Crippen LogP contribution in [-0.4, -0.2) is 37.0 Å². The lowest BCUT2D eigenvalue weighted by molar-refractivity contribution is -0.141. The molecule has 180 valence electrons. The monoisotopic (exact) mass is 498 g/mol. The van der Waals surface area contributed by atoms with Gasteiger partial charge in [0.25, 0.3) is 0 Å². The molecule has 0 spiro atoms. The van der Waals surface area contributed by atoms with Crippen molar-refractivity contribution >= 4 is 34.5 Å². The fourth-order valence-corrected chi connectivity index (χ4v) is 5.88. The van der Waals surface area contributed by atoms with Crippen LogP contribution in [-0.2, 0) is 22.6 Å². The second kappa shape index (κ2) is 11.5. The molecule has 1 saturated carbocycles. The van der Waals surface area contributed by atoms with Gasteiger partial charge in [0, 0.05) is 21.4 Å². The summed E-state index contributed by atoms with van der Waals surface area (Å²) in [5, 5.41) is 7.16. The number of hydrogen-bond donors (Lipinski definition) is 1. The van der Waals surface area contributed by atoms with E-state index in [0.29, 0.717) is 23.6 Å². The van der Waals surface area contributed by atoms with E-state index in [1.807, 2.05) is 47.2 Å². The van der Waals surface area contributed by atoms with E-state index in [4.69, 9.17) is 9.47 Å². The highest BCUT2D eigenvalue weighted by Crippen LogP contribution is 2.38. The number of ether oxygens (including phenoxy) is 2. The Balaban J connectivity index is 1.76. The van der Waals surface area contributed by atoms with Crippen LogP contribution < -0.4 is 14.8 Å². The summed E-state index contributed by atoms with van der Waals surface area (Å²) in [7, 11) is 3.13. The molecule has 6 nitrogen and oxygen atoms in total. The van der Waals surface area contributed by atoms with Crippen molar-refractivity contribution in [3.05, 3.63) is 68.5 Å². The Bertz CT molecular complexity index is 1080. The van der Waals surface area contributed by atoms with Gasteiger partial charge in [0.1, 0.15) is 6.04 Å². The van der Waals surface area contributed by atoms with Gasteiger partial charge in [-0.3, -0.25) is 9.59 Å². The molecule has 1 aliphatic carbocycles. The zero-order valence-corrected chi connectivity index (χ0v) is 21.1. The van der Waals surface area contributed by atoms with Crippen molar-refractivity contribution in [2.45, 2.75) is 50.7 Å². The first-order chi connectivity index (χ1) is 16.6. The van der Waals surface area contributed by atoms with Crippen LogP contribution in [0, 0.1) is 0 Å². The Labute approximate surface area is 208 Å². The number of para-hydroxylation sites is 1. The maximum atomic E-state index is 13.8. The number of carbonyl (C=O) groups is 2. The number of carbonyl (C=O) groups excluding carboxylic acids is 2. The van der Waals surface area contributed by atoms with Crippen molar-refractivity contribution in [3.8, 4) is 11.5 Å². The lowest BCUT2D eigenvalue weighted by atomic mass is 10.0. The number of nitrogens with one attached hydrogen (secondary N) is 1. The van der Waals surface area contributed by atoms with Crippen molar-refractivity contribution in [3.63, 3.8) is 0 Å². The lowest BCUT2D eigenvalue weighted by Gasteiger charge is -2.33. The SMILES string of the molecule is COc1cccc([C@@H](C(=O)NC2CCCC2)N(Cc2cccs2)C(=O)Cc2cccs2)c1OC. The number of nitrogens with zero attached hydrogens (tertiary/aromatic N) is 1. The largest absolute Gasteiger partial charge is 0.493 e. The van der Waals surface area contributed by atoms with E-state index in [1.165, 1.54) is 0 Å². The number of thiophene rings is 2. The minimum Gasteiger partial charge on any atom is -0.493 e. The zero-order chi connectivity index (χ0) is 23.9. The van der Waals surface area contributed by atoms with Crippen molar-refractivity contribution in [1.29, 1.82) is 0 Å². The van der Waals surface area contributed by atoms with E-state index >= 15 is 0 Å². The van der Waals surface area contributed by atoms with Crippen molar-refractivity contribution < 1.29 is 19.1 Å². The molecule has 34 heavy (non-hydrogen) atoms. The van der Waals surface area contributed by atoms with E-state index in [-0.39, 0.29) is 24.3 Å². The molecule has 0 aliphatic heterocycles. The van der Waals surface area contributed by atoms with Crippen LogP contribution in [0.15, 0.2) is 53.2 Å². The zero-order valence-electron chi connectivity index (χ0n) is 19.5.